The van der Waals surface area contributed by atoms with Gasteiger partial charge in [0.15, 0.2) is 16.6 Å². The van der Waals surface area contributed by atoms with Gasteiger partial charge in [-0.15, -0.1) is 0 Å². The number of methoxy groups -OCH3 is 2. The van der Waals surface area contributed by atoms with Gasteiger partial charge in [0.05, 0.1) is 31.0 Å². The number of carbonyl (C=O) groups excluding carboxylic acids is 2. The number of hydrogen-bond donors (Lipinski definition) is 0. The second kappa shape index (κ2) is 13.2. The van der Waals surface area contributed by atoms with Gasteiger partial charge in [-0.3, -0.25) is 14.5 Å². The highest BCUT2D eigenvalue weighted by molar-refractivity contribution is 9.10. The Morgan fingerprint density at radius 3 is 2.48 bits per heavy atom. The lowest BCUT2D eigenvalue weighted by Gasteiger charge is -2.19. The molecule has 0 radical (unpaired) electrons. The number of amides is 1. The molecule has 0 spiro atoms. The minimum atomic E-state index is -0.543. The van der Waals surface area contributed by atoms with Crippen LogP contribution in [0.25, 0.3) is 6.08 Å². The van der Waals surface area contributed by atoms with Crippen LogP contribution < -0.4 is 19.1 Å². The number of thiocarbonyl (C=S) groups is 1. The first-order valence-electron chi connectivity index (χ1n) is 12.2. The third-order valence-corrected chi connectivity index (χ3v) is 7.12. The molecule has 1 heterocycles. The van der Waals surface area contributed by atoms with Gasteiger partial charge in [0, 0.05) is 5.02 Å². The van der Waals surface area contributed by atoms with Crippen LogP contribution in [0.15, 0.2) is 70.8 Å². The van der Waals surface area contributed by atoms with Crippen LogP contribution in [0.1, 0.15) is 18.1 Å². The number of halogens is 2. The third kappa shape index (κ3) is 6.57. The van der Waals surface area contributed by atoms with Crippen molar-refractivity contribution >= 4 is 68.5 Å². The molecule has 1 saturated heterocycles. The molecule has 0 atom stereocenters. The first-order valence-corrected chi connectivity index (χ1v) is 13.8. The van der Waals surface area contributed by atoms with E-state index in [1.54, 1.807) is 55.7 Å². The van der Waals surface area contributed by atoms with E-state index in [0.29, 0.717) is 44.6 Å². The van der Waals surface area contributed by atoms with Crippen LogP contribution in [-0.4, -0.2) is 49.3 Å². The molecule has 0 unspecified atom stereocenters. The number of ether oxygens (including phenoxy) is 4. The maximum atomic E-state index is 13.7. The summed E-state index contributed by atoms with van der Waals surface area (Å²) >= 11 is 15.3. The molecular weight excluding hydrogens is 620 g/mol. The van der Waals surface area contributed by atoms with Gasteiger partial charge in [-0.05, 0) is 101 Å². The largest absolute Gasteiger partial charge is 0.497 e. The van der Waals surface area contributed by atoms with Crippen LogP contribution >= 0.6 is 39.7 Å². The Hall–Kier alpha value is -3.60. The number of rotatable bonds is 10. The van der Waals surface area contributed by atoms with Crippen molar-refractivity contribution < 1.29 is 28.5 Å². The summed E-state index contributed by atoms with van der Waals surface area (Å²) in [6, 6.07) is 17.8. The molecule has 0 bridgehead atoms. The quantitative estimate of drug-likeness (QED) is 0.146. The van der Waals surface area contributed by atoms with Gasteiger partial charge in [0.2, 0.25) is 0 Å². The average Bonchev–Trinajstić information content (AvgIpc) is 3.16. The van der Waals surface area contributed by atoms with Crippen molar-refractivity contribution in [3.05, 3.63) is 87.0 Å². The van der Waals surface area contributed by atoms with Crippen molar-refractivity contribution in [2.24, 2.45) is 0 Å². The fourth-order valence-electron chi connectivity index (χ4n) is 4.00. The highest BCUT2D eigenvalue weighted by Gasteiger charge is 2.40. The summed E-state index contributed by atoms with van der Waals surface area (Å²) in [5, 5.41) is 0.767. The van der Waals surface area contributed by atoms with E-state index in [1.807, 2.05) is 25.1 Å². The summed E-state index contributed by atoms with van der Waals surface area (Å²) in [6.07, 6.45) is 1.65. The zero-order chi connectivity index (χ0) is 28.8. The lowest BCUT2D eigenvalue weighted by molar-refractivity contribution is -0.140. The topological polar surface area (TPSA) is 77.5 Å². The van der Waals surface area contributed by atoms with Crippen molar-refractivity contribution in [3.8, 4) is 17.2 Å². The van der Waals surface area contributed by atoms with E-state index in [1.165, 1.54) is 16.9 Å². The fraction of sp³-hybridized carbons (Fsp3) is 0.207. The minimum absolute atomic E-state index is 0.150. The van der Waals surface area contributed by atoms with E-state index in [0.717, 1.165) is 5.56 Å². The number of esters is 1. The molecule has 0 aliphatic carbocycles. The lowest BCUT2D eigenvalue weighted by Crippen LogP contribution is -2.35. The minimum Gasteiger partial charge on any atom is -0.497 e. The van der Waals surface area contributed by atoms with Crippen LogP contribution in [0.2, 0.25) is 5.02 Å². The molecule has 4 rings (SSSR count). The average molecular weight is 646 g/mol. The number of anilines is 1. The van der Waals surface area contributed by atoms with E-state index < -0.39 is 11.9 Å². The maximum absolute atomic E-state index is 13.7. The molecule has 0 N–H and O–H groups in total. The summed E-state index contributed by atoms with van der Waals surface area (Å²) in [5.74, 6) is 0.677. The van der Waals surface area contributed by atoms with Crippen LogP contribution in [-0.2, 0) is 20.9 Å². The van der Waals surface area contributed by atoms with Gasteiger partial charge in [-0.1, -0.05) is 23.7 Å². The summed E-state index contributed by atoms with van der Waals surface area (Å²) < 4.78 is 22.6. The number of carbonyl (C=O) groups is 2. The van der Waals surface area contributed by atoms with Crippen molar-refractivity contribution in [2.45, 2.75) is 13.5 Å². The molecule has 1 aliphatic rings. The number of benzene rings is 3. The van der Waals surface area contributed by atoms with Gasteiger partial charge in [-0.2, -0.15) is 0 Å². The van der Waals surface area contributed by atoms with Gasteiger partial charge in [0.1, 0.15) is 24.6 Å². The molecule has 1 aliphatic heterocycles. The van der Waals surface area contributed by atoms with E-state index in [2.05, 4.69) is 15.9 Å². The fourth-order valence-corrected chi connectivity index (χ4v) is 5.14. The molecule has 208 valence electrons. The zero-order valence-electron chi connectivity index (χ0n) is 22.0. The maximum Gasteiger partial charge on any atom is 0.325 e. The third-order valence-electron chi connectivity index (χ3n) is 5.89. The predicted molar refractivity (Wildman–Crippen MR) is 161 cm³/mol. The van der Waals surface area contributed by atoms with Crippen LogP contribution in [0.5, 0.6) is 17.2 Å². The molecule has 3 aromatic carbocycles. The predicted octanol–water partition coefficient (Wildman–Crippen LogP) is 6.24. The molecule has 0 aromatic heterocycles. The SMILES string of the molecule is CCOc1cc(/C=C2/C(=O)N(c3ccc(OC)cc3)C(=S)N2CC(=O)OC)cc(Br)c1OCc1cccc(Cl)c1. The van der Waals surface area contributed by atoms with E-state index >= 15 is 0 Å². The second-order valence-electron chi connectivity index (χ2n) is 8.49. The molecule has 8 nitrogen and oxygen atoms in total. The van der Waals surface area contributed by atoms with Crippen molar-refractivity contribution in [3.63, 3.8) is 0 Å². The Labute approximate surface area is 251 Å². The van der Waals surface area contributed by atoms with Crippen LogP contribution in [0, 0.1) is 0 Å². The van der Waals surface area contributed by atoms with Gasteiger partial charge in [0.25, 0.3) is 5.91 Å². The van der Waals surface area contributed by atoms with E-state index in [4.69, 9.17) is 42.8 Å². The highest BCUT2D eigenvalue weighted by atomic mass is 79.9. The molecule has 0 saturated carbocycles. The van der Waals surface area contributed by atoms with Crippen molar-refractivity contribution in [2.75, 3.05) is 32.3 Å². The number of hydrogen-bond acceptors (Lipinski definition) is 7. The summed E-state index contributed by atoms with van der Waals surface area (Å²) in [6.45, 7) is 2.29. The van der Waals surface area contributed by atoms with E-state index in [-0.39, 0.29) is 24.0 Å². The van der Waals surface area contributed by atoms with Gasteiger partial charge < -0.3 is 23.8 Å². The van der Waals surface area contributed by atoms with Crippen molar-refractivity contribution in [1.29, 1.82) is 0 Å². The Kier molecular flexibility index (Phi) is 9.67. The van der Waals surface area contributed by atoms with Gasteiger partial charge in [-0.25, -0.2) is 0 Å². The van der Waals surface area contributed by atoms with Crippen LogP contribution in [0.4, 0.5) is 5.69 Å². The molecule has 3 aromatic rings. The Morgan fingerprint density at radius 2 is 1.82 bits per heavy atom. The zero-order valence-corrected chi connectivity index (χ0v) is 25.1. The molecular formula is C29H26BrClN2O6S. The number of nitrogens with zero attached hydrogens (tertiary/aromatic N) is 2. The molecule has 1 amide bonds. The van der Waals surface area contributed by atoms with Crippen molar-refractivity contribution in [1.82, 2.24) is 4.90 Å². The lowest BCUT2D eigenvalue weighted by atomic mass is 10.1. The smallest absolute Gasteiger partial charge is 0.325 e. The Morgan fingerprint density at radius 1 is 1.07 bits per heavy atom. The molecule has 11 heteroatoms. The first kappa shape index (κ1) is 29.4. The first-order chi connectivity index (χ1) is 19.2. The molecule has 1 fully saturated rings. The summed E-state index contributed by atoms with van der Waals surface area (Å²) in [4.78, 5) is 28.7. The molecule has 40 heavy (non-hydrogen) atoms. The summed E-state index contributed by atoms with van der Waals surface area (Å²) in [7, 11) is 2.84. The monoisotopic (exact) mass is 644 g/mol. The Balaban J connectivity index is 1.70. The Bertz CT molecular complexity index is 1460. The normalized spacial score (nSPS) is 14.1. The second-order valence-corrected chi connectivity index (χ2v) is 10.2. The summed E-state index contributed by atoms with van der Waals surface area (Å²) in [5.41, 5.74) is 2.27. The highest BCUT2D eigenvalue weighted by Crippen LogP contribution is 2.39. The van der Waals surface area contributed by atoms with E-state index in [9.17, 15) is 9.59 Å². The van der Waals surface area contributed by atoms with Gasteiger partial charge >= 0.3 is 5.97 Å². The van der Waals surface area contributed by atoms with Crippen LogP contribution in [0.3, 0.4) is 0 Å². The standard InChI is InChI=1S/C29H26BrClN2O6S/c1-4-38-25-15-19(13-23(30)27(25)39-17-18-6-5-7-20(31)12-18)14-24-28(35)33(21-8-10-22(36-2)11-9-21)29(40)32(24)16-26(34)37-3/h5-15H,4,16-17H2,1-3H3/b24-14-.